The van der Waals surface area contributed by atoms with Crippen molar-refractivity contribution in [1.82, 2.24) is 19.1 Å². The van der Waals surface area contributed by atoms with Gasteiger partial charge in [0.2, 0.25) is 5.91 Å². The number of amides is 1. The molecule has 0 aliphatic heterocycles. The molecular weight excluding hydrogens is 442 g/mol. The summed E-state index contributed by atoms with van der Waals surface area (Å²) in [5, 5.41) is 12.4. The first-order valence-electron chi connectivity index (χ1n) is 12.1. The average molecular weight is 474 g/mol. The molecule has 4 aromatic rings. The van der Waals surface area contributed by atoms with Crippen molar-refractivity contribution in [3.63, 3.8) is 0 Å². The van der Waals surface area contributed by atoms with E-state index in [2.05, 4.69) is 28.7 Å². The van der Waals surface area contributed by atoms with Crippen LogP contribution in [-0.2, 0) is 17.8 Å². The topological polar surface area (TPSA) is 102 Å². The number of carboxylic acids is 1. The molecule has 0 aliphatic carbocycles. The van der Waals surface area contributed by atoms with Gasteiger partial charge in [0.05, 0.1) is 17.4 Å². The van der Waals surface area contributed by atoms with Crippen LogP contribution in [0.5, 0.6) is 0 Å². The van der Waals surface area contributed by atoms with Gasteiger partial charge in [-0.05, 0) is 48.7 Å². The van der Waals surface area contributed by atoms with E-state index in [9.17, 15) is 14.7 Å². The van der Waals surface area contributed by atoms with E-state index < -0.39 is 5.97 Å². The van der Waals surface area contributed by atoms with Gasteiger partial charge in [-0.1, -0.05) is 38.8 Å². The molecule has 8 nitrogen and oxygen atoms in total. The maximum atomic E-state index is 12.2. The zero-order chi connectivity index (χ0) is 24.8. The number of unbranched alkanes of at least 4 members (excludes halogenated alkanes) is 2. The highest BCUT2D eigenvalue weighted by Gasteiger charge is 2.15. The fourth-order valence-electron chi connectivity index (χ4n) is 4.11. The van der Waals surface area contributed by atoms with Gasteiger partial charge in [0, 0.05) is 31.3 Å². The number of carbonyl (C=O) groups excluding carboxylic acids is 1. The van der Waals surface area contributed by atoms with Crippen molar-refractivity contribution >= 4 is 28.7 Å². The SMILES string of the molecule is CCCCC(=O)Nc1cnc2nc(CCCC)n(Cc3ccc(-n4cccc4C(=O)O)cc3)c2c1. The van der Waals surface area contributed by atoms with Crippen molar-refractivity contribution < 1.29 is 14.7 Å². The Morgan fingerprint density at radius 1 is 1.06 bits per heavy atom. The highest BCUT2D eigenvalue weighted by atomic mass is 16.4. The molecule has 0 unspecified atom stereocenters. The van der Waals surface area contributed by atoms with Gasteiger partial charge in [-0.25, -0.2) is 14.8 Å². The maximum absolute atomic E-state index is 12.2. The number of nitrogens with zero attached hydrogens (tertiary/aromatic N) is 4. The van der Waals surface area contributed by atoms with E-state index in [1.807, 2.05) is 30.3 Å². The Kier molecular flexibility index (Phi) is 7.60. The largest absolute Gasteiger partial charge is 0.477 e. The second-order valence-corrected chi connectivity index (χ2v) is 8.67. The quantitative estimate of drug-likeness (QED) is 0.302. The number of aromatic nitrogens is 4. The van der Waals surface area contributed by atoms with Crippen molar-refractivity contribution in [2.24, 2.45) is 0 Å². The van der Waals surface area contributed by atoms with Crippen LogP contribution < -0.4 is 5.32 Å². The molecule has 2 N–H and O–H groups in total. The Labute approximate surface area is 204 Å². The first-order chi connectivity index (χ1) is 17.0. The number of hydrogen-bond acceptors (Lipinski definition) is 4. The zero-order valence-corrected chi connectivity index (χ0v) is 20.2. The summed E-state index contributed by atoms with van der Waals surface area (Å²) in [6.45, 7) is 4.82. The van der Waals surface area contributed by atoms with E-state index in [-0.39, 0.29) is 11.6 Å². The summed E-state index contributed by atoms with van der Waals surface area (Å²) in [5.74, 6) is -0.00678. The van der Waals surface area contributed by atoms with Crippen molar-refractivity contribution in [1.29, 1.82) is 0 Å². The summed E-state index contributed by atoms with van der Waals surface area (Å²) < 4.78 is 3.82. The Balaban J connectivity index is 1.63. The molecule has 0 saturated carbocycles. The van der Waals surface area contributed by atoms with E-state index in [0.29, 0.717) is 24.3 Å². The van der Waals surface area contributed by atoms with Gasteiger partial charge in [-0.15, -0.1) is 0 Å². The van der Waals surface area contributed by atoms with Crippen LogP contribution in [0.1, 0.15) is 67.8 Å². The van der Waals surface area contributed by atoms with Crippen molar-refractivity contribution in [2.75, 3.05) is 5.32 Å². The van der Waals surface area contributed by atoms with Gasteiger partial charge < -0.3 is 19.6 Å². The molecule has 3 aromatic heterocycles. The molecule has 0 spiro atoms. The monoisotopic (exact) mass is 473 g/mol. The molecule has 8 heteroatoms. The first kappa shape index (κ1) is 24.2. The van der Waals surface area contributed by atoms with Crippen LogP contribution in [0.15, 0.2) is 54.9 Å². The second-order valence-electron chi connectivity index (χ2n) is 8.67. The van der Waals surface area contributed by atoms with Gasteiger partial charge in [0.25, 0.3) is 0 Å². The number of hydrogen-bond donors (Lipinski definition) is 2. The lowest BCUT2D eigenvalue weighted by Gasteiger charge is -2.12. The number of carbonyl (C=O) groups is 2. The second kappa shape index (κ2) is 11.0. The predicted octanol–water partition coefficient (Wildman–Crippen LogP) is 5.44. The molecule has 182 valence electrons. The molecule has 0 atom stereocenters. The van der Waals surface area contributed by atoms with Crippen molar-refractivity contribution in [3.8, 4) is 5.69 Å². The third kappa shape index (κ3) is 5.59. The Bertz CT molecular complexity index is 1320. The number of aryl methyl sites for hydroxylation is 1. The van der Waals surface area contributed by atoms with Crippen LogP contribution in [0, 0.1) is 0 Å². The Morgan fingerprint density at radius 3 is 2.54 bits per heavy atom. The fourth-order valence-corrected chi connectivity index (χ4v) is 4.11. The minimum atomic E-state index is -0.963. The van der Waals surface area contributed by atoms with E-state index in [1.54, 1.807) is 29.1 Å². The van der Waals surface area contributed by atoms with Crippen LogP contribution in [0.4, 0.5) is 5.69 Å². The Morgan fingerprint density at radius 2 is 1.83 bits per heavy atom. The van der Waals surface area contributed by atoms with Gasteiger partial charge >= 0.3 is 5.97 Å². The lowest BCUT2D eigenvalue weighted by molar-refractivity contribution is -0.116. The third-order valence-electron chi connectivity index (χ3n) is 6.00. The molecule has 0 bridgehead atoms. The van der Waals surface area contributed by atoms with E-state index in [4.69, 9.17) is 4.98 Å². The number of carboxylic acid groups (broad SMARTS) is 1. The van der Waals surface area contributed by atoms with E-state index in [1.165, 1.54) is 0 Å². The van der Waals surface area contributed by atoms with Crippen LogP contribution in [0.2, 0.25) is 0 Å². The molecule has 0 aliphatic rings. The van der Waals surface area contributed by atoms with Crippen LogP contribution in [0.3, 0.4) is 0 Å². The average Bonchev–Trinajstić information content (AvgIpc) is 3.47. The zero-order valence-electron chi connectivity index (χ0n) is 20.2. The van der Waals surface area contributed by atoms with Gasteiger partial charge in [0.15, 0.2) is 5.65 Å². The van der Waals surface area contributed by atoms with E-state index in [0.717, 1.165) is 54.7 Å². The highest BCUT2D eigenvalue weighted by molar-refractivity contribution is 5.92. The molecule has 3 heterocycles. The van der Waals surface area contributed by atoms with Crippen LogP contribution in [-0.4, -0.2) is 36.1 Å². The van der Waals surface area contributed by atoms with Crippen LogP contribution >= 0.6 is 0 Å². The molecule has 0 saturated heterocycles. The number of rotatable bonds is 11. The van der Waals surface area contributed by atoms with Crippen molar-refractivity contribution in [2.45, 2.75) is 58.9 Å². The highest BCUT2D eigenvalue weighted by Crippen LogP contribution is 2.22. The third-order valence-corrected chi connectivity index (χ3v) is 6.00. The molecule has 1 amide bonds. The summed E-state index contributed by atoms with van der Waals surface area (Å²) in [6, 6.07) is 13.1. The number of benzene rings is 1. The summed E-state index contributed by atoms with van der Waals surface area (Å²) in [4.78, 5) is 33.0. The number of anilines is 1. The smallest absolute Gasteiger partial charge is 0.352 e. The summed E-state index contributed by atoms with van der Waals surface area (Å²) in [5.41, 5.74) is 4.29. The molecule has 35 heavy (non-hydrogen) atoms. The van der Waals surface area contributed by atoms with Crippen LogP contribution in [0.25, 0.3) is 16.9 Å². The van der Waals surface area contributed by atoms with Crippen molar-refractivity contribution in [3.05, 3.63) is 71.9 Å². The molecule has 1 aromatic carbocycles. The standard InChI is InChI=1S/C27H31N5O3/c1-3-5-9-24-30-26-23(16-20(17-28-26)29-25(33)10-6-4-2)32(24)18-19-11-13-21(14-12-19)31-15-7-8-22(31)27(34)35/h7-8,11-17H,3-6,9-10,18H2,1-2H3,(H,29,33)(H,34,35). The Hall–Kier alpha value is -3.94. The van der Waals surface area contributed by atoms with Gasteiger partial charge in [0.1, 0.15) is 11.5 Å². The number of imidazole rings is 1. The number of fused-ring (bicyclic) bond motifs is 1. The lowest BCUT2D eigenvalue weighted by Crippen LogP contribution is -2.11. The summed E-state index contributed by atoms with van der Waals surface area (Å²) in [6.07, 6.45) is 8.65. The molecule has 0 radical (unpaired) electrons. The minimum absolute atomic E-state index is 0.00778. The summed E-state index contributed by atoms with van der Waals surface area (Å²) >= 11 is 0. The molecule has 4 rings (SSSR count). The normalized spacial score (nSPS) is 11.1. The molecular formula is C27H31N5O3. The lowest BCUT2D eigenvalue weighted by atomic mass is 10.2. The predicted molar refractivity (Wildman–Crippen MR) is 136 cm³/mol. The first-order valence-corrected chi connectivity index (χ1v) is 12.1. The number of aromatic carboxylic acids is 1. The number of nitrogens with one attached hydrogen (secondary N) is 1. The van der Waals surface area contributed by atoms with E-state index >= 15 is 0 Å². The summed E-state index contributed by atoms with van der Waals surface area (Å²) in [7, 11) is 0. The minimum Gasteiger partial charge on any atom is -0.477 e. The molecule has 0 fully saturated rings. The van der Waals surface area contributed by atoms with Gasteiger partial charge in [-0.2, -0.15) is 0 Å². The number of pyridine rings is 1. The fraction of sp³-hybridized carbons (Fsp3) is 0.333. The maximum Gasteiger partial charge on any atom is 0.352 e. The van der Waals surface area contributed by atoms with Gasteiger partial charge in [-0.3, -0.25) is 4.79 Å².